The summed E-state index contributed by atoms with van der Waals surface area (Å²) >= 11 is 0. The van der Waals surface area contributed by atoms with Crippen molar-refractivity contribution in [3.63, 3.8) is 0 Å². The topological polar surface area (TPSA) is 98.7 Å². The lowest BCUT2D eigenvalue weighted by Gasteiger charge is -2.14. The third-order valence-corrected chi connectivity index (χ3v) is 2.73. The summed E-state index contributed by atoms with van der Waals surface area (Å²) in [6, 6.07) is 2.99. The predicted octanol–water partition coefficient (Wildman–Crippen LogP) is 1.82. The van der Waals surface area contributed by atoms with Gasteiger partial charge in [-0.2, -0.15) is 5.10 Å². The third kappa shape index (κ3) is 5.59. The minimum atomic E-state index is -0.509. The highest BCUT2D eigenvalue weighted by atomic mass is 35.5. The van der Waals surface area contributed by atoms with Crippen molar-refractivity contribution in [2.45, 2.75) is 26.3 Å². The molecule has 0 unspecified atom stereocenters. The summed E-state index contributed by atoms with van der Waals surface area (Å²) in [7, 11) is 0. The summed E-state index contributed by atoms with van der Waals surface area (Å²) in [5.41, 5.74) is 6.43. The molecule has 0 fully saturated rings. The largest absolute Gasteiger partial charge is 0.323 e. The molecule has 0 aliphatic carbocycles. The fourth-order valence-corrected chi connectivity index (χ4v) is 1.77. The highest BCUT2D eigenvalue weighted by Gasteiger charge is 2.15. The summed E-state index contributed by atoms with van der Waals surface area (Å²) < 4.78 is 1.54. The summed E-state index contributed by atoms with van der Waals surface area (Å²) in [5.74, 6) is 0.810. The third-order valence-electron chi connectivity index (χ3n) is 2.73. The van der Waals surface area contributed by atoms with E-state index in [2.05, 4.69) is 20.4 Å². The zero-order valence-electron chi connectivity index (χ0n) is 12.3. The number of aromatic nitrogens is 4. The van der Waals surface area contributed by atoms with Crippen molar-refractivity contribution in [3.8, 4) is 5.82 Å². The van der Waals surface area contributed by atoms with E-state index in [0.717, 1.165) is 0 Å². The van der Waals surface area contributed by atoms with Crippen molar-refractivity contribution in [1.29, 1.82) is 0 Å². The van der Waals surface area contributed by atoms with Gasteiger partial charge in [0, 0.05) is 0 Å². The molecule has 0 aromatic carbocycles. The number of nitrogens with one attached hydrogen (secondary N) is 1. The van der Waals surface area contributed by atoms with Crippen molar-refractivity contribution in [1.82, 2.24) is 19.7 Å². The highest BCUT2D eigenvalue weighted by Crippen LogP contribution is 2.10. The molecule has 3 N–H and O–H groups in total. The Labute approximate surface area is 141 Å². The molecule has 122 valence electrons. The van der Waals surface area contributed by atoms with Crippen LogP contribution in [0.3, 0.4) is 0 Å². The monoisotopic (exact) mass is 346 g/mol. The minimum absolute atomic E-state index is 0. The number of amides is 1. The molecule has 7 nitrogen and oxygen atoms in total. The first kappa shape index (κ1) is 20.3. The van der Waals surface area contributed by atoms with Gasteiger partial charge in [0.05, 0.1) is 17.9 Å². The molecule has 2 aromatic heterocycles. The zero-order chi connectivity index (χ0) is 14.5. The molecule has 2 aromatic rings. The summed E-state index contributed by atoms with van der Waals surface area (Å²) in [5, 5.41) is 6.72. The van der Waals surface area contributed by atoms with Gasteiger partial charge in [-0.15, -0.1) is 24.8 Å². The lowest BCUT2D eigenvalue weighted by molar-refractivity contribution is -0.117. The molecule has 0 bridgehead atoms. The van der Waals surface area contributed by atoms with Crippen molar-refractivity contribution in [2.75, 3.05) is 5.32 Å². The molecule has 0 saturated heterocycles. The van der Waals surface area contributed by atoms with Crippen LogP contribution in [0, 0.1) is 5.92 Å². The van der Waals surface area contributed by atoms with Crippen LogP contribution in [0.4, 0.5) is 5.69 Å². The van der Waals surface area contributed by atoms with Crippen molar-refractivity contribution in [2.24, 2.45) is 11.7 Å². The minimum Gasteiger partial charge on any atom is -0.323 e. The Kier molecular flexibility index (Phi) is 8.62. The SMILES string of the molecule is CC(C)C[C@H](N)C(=O)Nc1ccc(-n2cncn2)nc1.Cl.Cl. The van der Waals surface area contributed by atoms with Gasteiger partial charge < -0.3 is 11.1 Å². The van der Waals surface area contributed by atoms with Gasteiger partial charge in [-0.1, -0.05) is 13.8 Å². The van der Waals surface area contributed by atoms with Crippen LogP contribution in [0.25, 0.3) is 5.82 Å². The van der Waals surface area contributed by atoms with Crippen LogP contribution in [0.5, 0.6) is 0 Å². The van der Waals surface area contributed by atoms with Crippen LogP contribution in [0.1, 0.15) is 20.3 Å². The average molecular weight is 347 g/mol. The van der Waals surface area contributed by atoms with E-state index in [1.165, 1.54) is 11.0 Å². The number of hydrogen-bond donors (Lipinski definition) is 2. The molecule has 2 rings (SSSR count). The maximum absolute atomic E-state index is 11.9. The Hall–Kier alpha value is -1.70. The molecule has 2 heterocycles. The van der Waals surface area contributed by atoms with Gasteiger partial charge >= 0.3 is 0 Å². The quantitative estimate of drug-likeness (QED) is 0.860. The smallest absolute Gasteiger partial charge is 0.241 e. The molecule has 22 heavy (non-hydrogen) atoms. The number of carbonyl (C=O) groups excluding carboxylic acids is 1. The molecule has 9 heteroatoms. The first-order chi connectivity index (χ1) is 9.56. The lowest BCUT2D eigenvalue weighted by Crippen LogP contribution is -2.36. The molecule has 0 spiro atoms. The van der Waals surface area contributed by atoms with E-state index in [9.17, 15) is 4.79 Å². The van der Waals surface area contributed by atoms with Crippen LogP contribution in [-0.4, -0.2) is 31.7 Å². The normalized spacial score (nSPS) is 11.3. The highest BCUT2D eigenvalue weighted by molar-refractivity contribution is 5.94. The van der Waals surface area contributed by atoms with Gasteiger partial charge in [0.15, 0.2) is 5.82 Å². The second kappa shape index (κ2) is 9.34. The number of carbonyl (C=O) groups is 1. The Morgan fingerprint density at radius 2 is 2.09 bits per heavy atom. The Balaban J connectivity index is 0.00000220. The fourth-order valence-electron chi connectivity index (χ4n) is 1.77. The second-order valence-electron chi connectivity index (χ2n) is 4.97. The number of rotatable bonds is 5. The average Bonchev–Trinajstić information content (AvgIpc) is 2.92. The van der Waals surface area contributed by atoms with Gasteiger partial charge in [0.1, 0.15) is 12.7 Å². The first-order valence-corrected chi connectivity index (χ1v) is 6.43. The molecule has 0 radical (unpaired) electrons. The van der Waals surface area contributed by atoms with Crippen LogP contribution < -0.4 is 11.1 Å². The predicted molar refractivity (Wildman–Crippen MR) is 89.7 cm³/mol. The van der Waals surface area contributed by atoms with Gasteiger partial charge in [-0.3, -0.25) is 4.79 Å². The second-order valence-corrected chi connectivity index (χ2v) is 4.97. The van der Waals surface area contributed by atoms with Crippen LogP contribution in [-0.2, 0) is 4.79 Å². The Bertz CT molecular complexity index is 558. The number of pyridine rings is 1. The standard InChI is InChI=1S/C13H18N6O.2ClH/c1-9(2)5-11(14)13(20)18-10-3-4-12(16-6-10)19-8-15-7-17-19;;/h3-4,6-9,11H,5,14H2,1-2H3,(H,18,20);2*1H/t11-;;/m0../s1. The van der Waals surface area contributed by atoms with Crippen LogP contribution in [0.15, 0.2) is 31.0 Å². The van der Waals surface area contributed by atoms with Crippen LogP contribution in [0.2, 0.25) is 0 Å². The summed E-state index contributed by atoms with van der Waals surface area (Å²) in [6.45, 7) is 4.06. The number of nitrogens with zero attached hydrogens (tertiary/aromatic N) is 4. The number of hydrogen-bond acceptors (Lipinski definition) is 5. The molecule has 1 amide bonds. The van der Waals surface area contributed by atoms with E-state index in [1.807, 2.05) is 13.8 Å². The fraction of sp³-hybridized carbons (Fsp3) is 0.385. The number of nitrogens with two attached hydrogens (primary N) is 1. The maximum Gasteiger partial charge on any atom is 0.241 e. The molecule has 0 saturated carbocycles. The number of anilines is 1. The van der Waals surface area contributed by atoms with E-state index in [1.54, 1.807) is 24.7 Å². The summed E-state index contributed by atoms with van der Waals surface area (Å²) in [6.07, 6.45) is 5.20. The lowest BCUT2D eigenvalue weighted by atomic mass is 10.0. The van der Waals surface area contributed by atoms with Crippen LogP contribution >= 0.6 is 24.8 Å². The maximum atomic E-state index is 11.9. The van der Waals surface area contributed by atoms with Gasteiger partial charge in [-0.25, -0.2) is 14.6 Å². The van der Waals surface area contributed by atoms with Crippen molar-refractivity contribution < 1.29 is 4.79 Å². The van der Waals surface area contributed by atoms with Crippen molar-refractivity contribution in [3.05, 3.63) is 31.0 Å². The zero-order valence-corrected chi connectivity index (χ0v) is 14.0. The first-order valence-electron chi connectivity index (χ1n) is 6.43. The van der Waals surface area contributed by atoms with Gasteiger partial charge in [-0.05, 0) is 24.5 Å². The number of halogens is 2. The Morgan fingerprint density at radius 3 is 2.59 bits per heavy atom. The van der Waals surface area contributed by atoms with Crippen molar-refractivity contribution >= 4 is 36.4 Å². The Morgan fingerprint density at radius 1 is 1.36 bits per heavy atom. The van der Waals surface area contributed by atoms with E-state index < -0.39 is 6.04 Å². The van der Waals surface area contributed by atoms with Gasteiger partial charge in [0.25, 0.3) is 0 Å². The van der Waals surface area contributed by atoms with E-state index >= 15 is 0 Å². The molecule has 0 aliphatic heterocycles. The van der Waals surface area contributed by atoms with E-state index in [0.29, 0.717) is 23.8 Å². The summed E-state index contributed by atoms with van der Waals surface area (Å²) in [4.78, 5) is 19.9. The molecular formula is C13H20Cl2N6O. The van der Waals surface area contributed by atoms with Gasteiger partial charge in [0.2, 0.25) is 5.91 Å². The van der Waals surface area contributed by atoms with E-state index in [4.69, 9.17) is 5.73 Å². The molecule has 0 aliphatic rings. The molecular weight excluding hydrogens is 327 g/mol. The van der Waals surface area contributed by atoms with E-state index in [-0.39, 0.29) is 30.7 Å². The molecule has 1 atom stereocenters.